The van der Waals surface area contributed by atoms with Crippen LogP contribution in [0.3, 0.4) is 0 Å². The van der Waals surface area contributed by atoms with Gasteiger partial charge in [-0.05, 0) is 19.2 Å². The Morgan fingerprint density at radius 2 is 2.41 bits per heavy atom. The largest absolute Gasteiger partial charge is 0.387 e. The number of pyridine rings is 1. The highest BCUT2D eigenvalue weighted by Gasteiger charge is 2.21. The Hall–Kier alpha value is -1.14. The molecule has 1 aromatic heterocycles. The summed E-state index contributed by atoms with van der Waals surface area (Å²) >= 11 is 1.47. The maximum absolute atomic E-state index is 13.2. The predicted octanol–water partition coefficient (Wildman–Crippen LogP) is 1.06. The number of thioether (sulfide) groups is 1. The molecule has 0 radical (unpaired) electrons. The van der Waals surface area contributed by atoms with E-state index in [1.165, 1.54) is 24.0 Å². The standard InChI is InChI=1S/C11H15FN2O2S/c1-11(16,7-17-2)6-14-10(15)8-3-4-13-5-9(8)12/h3-5,16H,6-7H2,1-2H3,(H,14,15). The summed E-state index contributed by atoms with van der Waals surface area (Å²) in [4.78, 5) is 15.2. The van der Waals surface area contributed by atoms with Gasteiger partial charge in [-0.2, -0.15) is 11.8 Å². The highest BCUT2D eigenvalue weighted by Crippen LogP contribution is 2.10. The fourth-order valence-corrected chi connectivity index (χ4v) is 2.01. The Kier molecular flexibility index (Phi) is 4.89. The van der Waals surface area contributed by atoms with Crippen LogP contribution >= 0.6 is 11.8 Å². The van der Waals surface area contributed by atoms with E-state index in [0.29, 0.717) is 5.75 Å². The number of amides is 1. The molecule has 0 aromatic carbocycles. The van der Waals surface area contributed by atoms with Crippen LogP contribution in [0.5, 0.6) is 0 Å². The van der Waals surface area contributed by atoms with E-state index in [1.807, 2.05) is 6.26 Å². The molecule has 0 saturated heterocycles. The van der Waals surface area contributed by atoms with E-state index in [1.54, 1.807) is 6.92 Å². The van der Waals surface area contributed by atoms with Crippen molar-refractivity contribution >= 4 is 17.7 Å². The maximum atomic E-state index is 13.2. The fourth-order valence-electron chi connectivity index (χ4n) is 1.29. The van der Waals surface area contributed by atoms with Crippen LogP contribution in [0.4, 0.5) is 4.39 Å². The lowest BCUT2D eigenvalue weighted by molar-refractivity contribution is 0.0722. The number of nitrogens with one attached hydrogen (secondary N) is 1. The summed E-state index contributed by atoms with van der Waals surface area (Å²) in [5.74, 6) is -0.729. The highest BCUT2D eigenvalue weighted by atomic mass is 32.2. The molecule has 0 saturated carbocycles. The van der Waals surface area contributed by atoms with Crippen LogP contribution in [-0.2, 0) is 0 Å². The first-order chi connectivity index (χ1) is 7.96. The van der Waals surface area contributed by atoms with Gasteiger partial charge in [-0.25, -0.2) is 4.39 Å². The number of nitrogens with zero attached hydrogens (tertiary/aromatic N) is 1. The molecule has 0 bridgehead atoms. The van der Waals surface area contributed by atoms with Crippen LogP contribution in [0, 0.1) is 5.82 Å². The Labute approximate surface area is 104 Å². The second-order valence-corrected chi connectivity index (χ2v) is 4.83. The van der Waals surface area contributed by atoms with Gasteiger partial charge >= 0.3 is 0 Å². The number of rotatable bonds is 5. The molecule has 6 heteroatoms. The quantitative estimate of drug-likeness (QED) is 0.829. The smallest absolute Gasteiger partial charge is 0.254 e. The zero-order chi connectivity index (χ0) is 12.9. The van der Waals surface area contributed by atoms with Gasteiger partial charge in [0.15, 0.2) is 5.82 Å². The van der Waals surface area contributed by atoms with Gasteiger partial charge in [0.2, 0.25) is 0 Å². The molecule has 2 N–H and O–H groups in total. The molecule has 94 valence electrons. The first-order valence-corrected chi connectivity index (χ1v) is 6.45. The van der Waals surface area contributed by atoms with Crippen LogP contribution in [0.25, 0.3) is 0 Å². The van der Waals surface area contributed by atoms with Crippen molar-refractivity contribution in [1.29, 1.82) is 0 Å². The van der Waals surface area contributed by atoms with Gasteiger partial charge < -0.3 is 10.4 Å². The number of aromatic nitrogens is 1. The average molecular weight is 258 g/mol. The molecule has 0 aliphatic rings. The molecule has 1 aromatic rings. The number of hydrogen-bond donors (Lipinski definition) is 2. The number of halogens is 1. The molecule has 0 aliphatic carbocycles. The van der Waals surface area contributed by atoms with E-state index in [2.05, 4.69) is 10.3 Å². The summed E-state index contributed by atoms with van der Waals surface area (Å²) in [5, 5.41) is 12.3. The van der Waals surface area contributed by atoms with Crippen molar-refractivity contribution in [3.8, 4) is 0 Å². The van der Waals surface area contributed by atoms with Crippen molar-refractivity contribution in [2.75, 3.05) is 18.6 Å². The predicted molar refractivity (Wildman–Crippen MR) is 65.5 cm³/mol. The Bertz CT molecular complexity index is 399. The SMILES string of the molecule is CSCC(C)(O)CNC(=O)c1ccncc1F. The topological polar surface area (TPSA) is 62.2 Å². The first kappa shape index (κ1) is 13.9. The summed E-state index contributed by atoms with van der Waals surface area (Å²) in [5.41, 5.74) is -1.07. The van der Waals surface area contributed by atoms with Gasteiger partial charge in [-0.3, -0.25) is 9.78 Å². The van der Waals surface area contributed by atoms with Crippen LogP contribution in [0.2, 0.25) is 0 Å². The third kappa shape index (κ3) is 4.32. The third-order valence-electron chi connectivity index (χ3n) is 2.10. The lowest BCUT2D eigenvalue weighted by Gasteiger charge is -2.22. The van der Waals surface area contributed by atoms with Gasteiger partial charge in [-0.15, -0.1) is 0 Å². The van der Waals surface area contributed by atoms with E-state index in [9.17, 15) is 14.3 Å². The Morgan fingerprint density at radius 3 is 3.00 bits per heavy atom. The number of aliphatic hydroxyl groups is 1. The highest BCUT2D eigenvalue weighted by molar-refractivity contribution is 7.98. The molecule has 1 atom stereocenters. The van der Waals surface area contributed by atoms with Crippen LogP contribution in [0.1, 0.15) is 17.3 Å². The summed E-state index contributed by atoms with van der Waals surface area (Å²) in [6.07, 6.45) is 4.19. The summed E-state index contributed by atoms with van der Waals surface area (Å²) in [6.45, 7) is 1.70. The molecule has 1 unspecified atom stereocenters. The van der Waals surface area contributed by atoms with Gasteiger partial charge in [0.05, 0.1) is 17.4 Å². The van der Waals surface area contributed by atoms with Gasteiger partial charge in [0.1, 0.15) is 0 Å². The minimum atomic E-state index is -1.00. The lowest BCUT2D eigenvalue weighted by Crippen LogP contribution is -2.42. The molecule has 0 aliphatic heterocycles. The van der Waals surface area contributed by atoms with Gasteiger partial charge in [0, 0.05) is 18.5 Å². The molecule has 1 rings (SSSR count). The third-order valence-corrected chi connectivity index (χ3v) is 3.01. The normalized spacial score (nSPS) is 14.1. The minimum Gasteiger partial charge on any atom is -0.387 e. The van der Waals surface area contributed by atoms with E-state index in [-0.39, 0.29) is 12.1 Å². The van der Waals surface area contributed by atoms with Crippen molar-refractivity contribution in [3.63, 3.8) is 0 Å². The summed E-state index contributed by atoms with van der Waals surface area (Å²) < 4.78 is 13.2. The molecule has 0 fully saturated rings. The fraction of sp³-hybridized carbons (Fsp3) is 0.455. The molecular formula is C11H15FN2O2S. The van der Waals surface area contributed by atoms with E-state index in [4.69, 9.17) is 0 Å². The van der Waals surface area contributed by atoms with Gasteiger partial charge in [0.25, 0.3) is 5.91 Å². The molecule has 1 heterocycles. The van der Waals surface area contributed by atoms with Crippen molar-refractivity contribution in [1.82, 2.24) is 10.3 Å². The molecule has 1 amide bonds. The minimum absolute atomic E-state index is 0.0695. The number of carbonyl (C=O) groups is 1. The maximum Gasteiger partial charge on any atom is 0.254 e. The average Bonchev–Trinajstić information content (AvgIpc) is 2.27. The van der Waals surface area contributed by atoms with E-state index in [0.717, 1.165) is 6.20 Å². The molecule has 0 spiro atoms. The zero-order valence-electron chi connectivity index (χ0n) is 9.74. The number of hydrogen-bond acceptors (Lipinski definition) is 4. The Balaban J connectivity index is 2.59. The van der Waals surface area contributed by atoms with Crippen LogP contribution in [-0.4, -0.2) is 40.2 Å². The number of carbonyl (C=O) groups excluding carboxylic acids is 1. The van der Waals surface area contributed by atoms with Gasteiger partial charge in [-0.1, -0.05) is 0 Å². The summed E-state index contributed by atoms with van der Waals surface area (Å²) in [7, 11) is 0. The second kappa shape index (κ2) is 5.97. The summed E-state index contributed by atoms with van der Waals surface area (Å²) in [6, 6.07) is 1.30. The van der Waals surface area contributed by atoms with E-state index >= 15 is 0 Å². The molecule has 17 heavy (non-hydrogen) atoms. The molecule has 4 nitrogen and oxygen atoms in total. The zero-order valence-corrected chi connectivity index (χ0v) is 10.6. The second-order valence-electron chi connectivity index (χ2n) is 3.97. The first-order valence-electron chi connectivity index (χ1n) is 5.05. The lowest BCUT2D eigenvalue weighted by atomic mass is 10.1. The van der Waals surface area contributed by atoms with Crippen molar-refractivity contribution in [3.05, 3.63) is 29.8 Å². The van der Waals surface area contributed by atoms with E-state index < -0.39 is 17.3 Å². The monoisotopic (exact) mass is 258 g/mol. The van der Waals surface area contributed by atoms with Crippen LogP contribution < -0.4 is 5.32 Å². The van der Waals surface area contributed by atoms with Crippen LogP contribution in [0.15, 0.2) is 18.5 Å². The molecular weight excluding hydrogens is 243 g/mol. The van der Waals surface area contributed by atoms with Crippen molar-refractivity contribution < 1.29 is 14.3 Å². The van der Waals surface area contributed by atoms with Crippen molar-refractivity contribution in [2.24, 2.45) is 0 Å². The Morgan fingerprint density at radius 1 is 1.71 bits per heavy atom. The van der Waals surface area contributed by atoms with Crippen molar-refractivity contribution in [2.45, 2.75) is 12.5 Å².